The Balaban J connectivity index is 2.39. The Kier molecular flexibility index (Phi) is 2.62. The summed E-state index contributed by atoms with van der Waals surface area (Å²) in [5.41, 5.74) is 7.65. The molecule has 1 atom stereocenters. The summed E-state index contributed by atoms with van der Waals surface area (Å²) in [6.07, 6.45) is 2.46. The van der Waals surface area contributed by atoms with Crippen LogP contribution in [0, 0.1) is 0 Å². The topological polar surface area (TPSA) is 82.3 Å². The largest absolute Gasteiger partial charge is 0.508 e. The average molecular weight is 206 g/mol. The molecule has 0 radical (unpaired) electrons. The van der Waals surface area contributed by atoms with Crippen molar-refractivity contribution in [3.05, 3.63) is 30.0 Å². The smallest absolute Gasteiger partial charge is 0.116 e. The van der Waals surface area contributed by atoms with Crippen LogP contribution in [0.25, 0.3) is 10.9 Å². The second-order valence-corrected chi connectivity index (χ2v) is 3.69. The molecule has 1 heterocycles. The van der Waals surface area contributed by atoms with Crippen LogP contribution in [0.3, 0.4) is 0 Å². The third-order valence-corrected chi connectivity index (χ3v) is 2.47. The highest BCUT2D eigenvalue weighted by Gasteiger charge is 2.08. The maximum atomic E-state index is 9.37. The molecule has 4 nitrogen and oxygen atoms in total. The summed E-state index contributed by atoms with van der Waals surface area (Å²) in [5, 5.41) is 19.2. The highest BCUT2D eigenvalue weighted by molar-refractivity contribution is 5.84. The van der Waals surface area contributed by atoms with Crippen LogP contribution in [-0.2, 0) is 6.42 Å². The number of hydrogen-bond donors (Lipinski definition) is 4. The molecule has 0 saturated carbocycles. The lowest BCUT2D eigenvalue weighted by Gasteiger charge is -2.06. The number of benzene rings is 1. The van der Waals surface area contributed by atoms with E-state index in [-0.39, 0.29) is 18.4 Å². The molecule has 80 valence electrons. The summed E-state index contributed by atoms with van der Waals surface area (Å²) in [5.74, 6) is 0.237. The molecule has 0 aliphatic rings. The van der Waals surface area contributed by atoms with Gasteiger partial charge in [-0.15, -0.1) is 0 Å². The third-order valence-electron chi connectivity index (χ3n) is 2.47. The van der Waals surface area contributed by atoms with E-state index < -0.39 is 0 Å². The number of H-pyrrole nitrogens is 1. The van der Waals surface area contributed by atoms with Gasteiger partial charge in [0.2, 0.25) is 0 Å². The fraction of sp³-hybridized carbons (Fsp3) is 0.273. The minimum atomic E-state index is -0.258. The number of aromatic amines is 1. The van der Waals surface area contributed by atoms with Gasteiger partial charge in [0, 0.05) is 23.1 Å². The van der Waals surface area contributed by atoms with Crippen molar-refractivity contribution in [3.63, 3.8) is 0 Å². The van der Waals surface area contributed by atoms with Crippen molar-refractivity contribution in [3.8, 4) is 5.75 Å². The summed E-state index contributed by atoms with van der Waals surface area (Å²) in [6.45, 7) is -0.0362. The molecule has 0 fully saturated rings. The van der Waals surface area contributed by atoms with Crippen LogP contribution in [-0.4, -0.2) is 27.8 Å². The van der Waals surface area contributed by atoms with Gasteiger partial charge >= 0.3 is 0 Å². The third kappa shape index (κ3) is 1.95. The maximum absolute atomic E-state index is 9.37. The molecular formula is C11H14N2O2. The molecule has 0 spiro atoms. The van der Waals surface area contributed by atoms with Crippen molar-refractivity contribution in [2.75, 3.05) is 6.61 Å². The Hall–Kier alpha value is -1.52. The Labute approximate surface area is 87.3 Å². The first-order valence-electron chi connectivity index (χ1n) is 4.86. The van der Waals surface area contributed by atoms with Crippen LogP contribution in [0.1, 0.15) is 5.56 Å². The minimum Gasteiger partial charge on any atom is -0.508 e. The zero-order valence-corrected chi connectivity index (χ0v) is 8.27. The lowest BCUT2D eigenvalue weighted by atomic mass is 10.1. The molecule has 5 N–H and O–H groups in total. The van der Waals surface area contributed by atoms with Crippen LogP contribution in [0.4, 0.5) is 0 Å². The van der Waals surface area contributed by atoms with Gasteiger partial charge in [-0.05, 0) is 30.2 Å². The Morgan fingerprint density at radius 3 is 2.93 bits per heavy atom. The highest BCUT2D eigenvalue weighted by atomic mass is 16.3. The molecule has 2 aromatic rings. The van der Waals surface area contributed by atoms with E-state index in [2.05, 4.69) is 4.98 Å². The SMILES string of the molecule is N[C@H](CO)Cc1c[nH]c2ccc(O)cc12. The van der Waals surface area contributed by atoms with E-state index in [4.69, 9.17) is 10.8 Å². The molecule has 15 heavy (non-hydrogen) atoms. The summed E-state index contributed by atoms with van der Waals surface area (Å²) in [4.78, 5) is 3.10. The summed E-state index contributed by atoms with van der Waals surface area (Å²) < 4.78 is 0. The van der Waals surface area contributed by atoms with Crippen molar-refractivity contribution >= 4 is 10.9 Å². The molecule has 0 bridgehead atoms. The van der Waals surface area contributed by atoms with Crippen molar-refractivity contribution in [2.45, 2.75) is 12.5 Å². The van der Waals surface area contributed by atoms with Gasteiger partial charge in [0.15, 0.2) is 0 Å². The van der Waals surface area contributed by atoms with Gasteiger partial charge in [0.25, 0.3) is 0 Å². The predicted molar refractivity (Wildman–Crippen MR) is 58.7 cm³/mol. The lowest BCUT2D eigenvalue weighted by Crippen LogP contribution is -2.26. The normalized spacial score (nSPS) is 13.2. The Morgan fingerprint density at radius 2 is 2.20 bits per heavy atom. The van der Waals surface area contributed by atoms with Crippen molar-refractivity contribution in [1.82, 2.24) is 4.98 Å². The van der Waals surface area contributed by atoms with E-state index in [1.807, 2.05) is 12.3 Å². The van der Waals surface area contributed by atoms with Crippen LogP contribution in [0.5, 0.6) is 5.75 Å². The molecule has 1 aromatic carbocycles. The van der Waals surface area contributed by atoms with E-state index in [1.165, 1.54) is 0 Å². The molecule has 4 heteroatoms. The Bertz CT molecular complexity index is 465. The summed E-state index contributed by atoms with van der Waals surface area (Å²) in [6, 6.07) is 4.89. The molecule has 2 rings (SSSR count). The molecule has 0 unspecified atom stereocenters. The van der Waals surface area contributed by atoms with E-state index in [0.717, 1.165) is 16.5 Å². The molecule has 0 saturated heterocycles. The number of nitrogens with one attached hydrogen (secondary N) is 1. The van der Waals surface area contributed by atoms with Gasteiger partial charge < -0.3 is 20.9 Å². The minimum absolute atomic E-state index is 0.0362. The first-order chi connectivity index (χ1) is 7.20. The van der Waals surface area contributed by atoms with Gasteiger partial charge in [-0.3, -0.25) is 0 Å². The van der Waals surface area contributed by atoms with Gasteiger partial charge in [-0.1, -0.05) is 0 Å². The second kappa shape index (κ2) is 3.92. The molecule has 0 amide bonds. The Morgan fingerprint density at radius 1 is 1.40 bits per heavy atom. The summed E-state index contributed by atoms with van der Waals surface area (Å²) >= 11 is 0. The monoisotopic (exact) mass is 206 g/mol. The van der Waals surface area contributed by atoms with Gasteiger partial charge in [0.05, 0.1) is 6.61 Å². The van der Waals surface area contributed by atoms with Gasteiger partial charge in [-0.25, -0.2) is 0 Å². The fourth-order valence-electron chi connectivity index (χ4n) is 1.68. The standard InChI is InChI=1S/C11H14N2O2/c12-8(6-14)3-7-5-13-11-2-1-9(15)4-10(7)11/h1-2,4-5,8,13-15H,3,6,12H2/t8-/m0/s1. The number of rotatable bonds is 3. The first-order valence-corrected chi connectivity index (χ1v) is 4.86. The van der Waals surface area contributed by atoms with E-state index in [9.17, 15) is 5.11 Å². The van der Waals surface area contributed by atoms with E-state index in [1.54, 1.807) is 12.1 Å². The average Bonchev–Trinajstić information content (AvgIpc) is 2.61. The molecule has 1 aromatic heterocycles. The molecule has 0 aliphatic carbocycles. The molecule has 0 aliphatic heterocycles. The van der Waals surface area contributed by atoms with E-state index in [0.29, 0.717) is 6.42 Å². The fourth-order valence-corrected chi connectivity index (χ4v) is 1.68. The van der Waals surface area contributed by atoms with Crippen molar-refractivity contribution in [1.29, 1.82) is 0 Å². The molecular weight excluding hydrogens is 192 g/mol. The number of aliphatic hydroxyl groups is 1. The van der Waals surface area contributed by atoms with Crippen molar-refractivity contribution in [2.24, 2.45) is 5.73 Å². The zero-order valence-electron chi connectivity index (χ0n) is 8.27. The number of fused-ring (bicyclic) bond motifs is 1. The zero-order chi connectivity index (χ0) is 10.8. The number of phenolic OH excluding ortho intramolecular Hbond substituents is 1. The predicted octanol–water partition coefficient (Wildman–Crippen LogP) is 0.736. The van der Waals surface area contributed by atoms with Crippen LogP contribution in [0.15, 0.2) is 24.4 Å². The number of phenols is 1. The quantitative estimate of drug-likeness (QED) is 0.597. The highest BCUT2D eigenvalue weighted by Crippen LogP contribution is 2.23. The van der Waals surface area contributed by atoms with E-state index >= 15 is 0 Å². The number of nitrogens with two attached hydrogens (primary N) is 1. The van der Waals surface area contributed by atoms with Gasteiger partial charge in [-0.2, -0.15) is 0 Å². The number of aromatic hydroxyl groups is 1. The number of aliphatic hydroxyl groups excluding tert-OH is 1. The lowest BCUT2D eigenvalue weighted by molar-refractivity contribution is 0.265. The van der Waals surface area contributed by atoms with Gasteiger partial charge in [0.1, 0.15) is 5.75 Å². The second-order valence-electron chi connectivity index (χ2n) is 3.69. The number of hydrogen-bond acceptors (Lipinski definition) is 3. The van der Waals surface area contributed by atoms with Crippen LogP contribution in [0.2, 0.25) is 0 Å². The van der Waals surface area contributed by atoms with Crippen LogP contribution < -0.4 is 5.73 Å². The summed E-state index contributed by atoms with van der Waals surface area (Å²) in [7, 11) is 0. The number of aromatic nitrogens is 1. The maximum Gasteiger partial charge on any atom is 0.116 e. The van der Waals surface area contributed by atoms with Crippen LogP contribution >= 0.6 is 0 Å². The first kappa shape index (κ1) is 10.0. The van der Waals surface area contributed by atoms with Crippen molar-refractivity contribution < 1.29 is 10.2 Å².